The van der Waals surface area contributed by atoms with Crippen LogP contribution in [-0.4, -0.2) is 65.5 Å². The topological polar surface area (TPSA) is 92.9 Å². The normalized spacial score (nSPS) is 14.5. The van der Waals surface area contributed by atoms with Crippen molar-refractivity contribution in [3.63, 3.8) is 0 Å². The summed E-state index contributed by atoms with van der Waals surface area (Å²) in [5.41, 5.74) is 3.17. The largest absolute Gasteiger partial charge is 0.353 e. The number of carbonyl (C=O) groups excluding carboxylic acids is 1. The average molecular weight is 406 g/mol. The van der Waals surface area contributed by atoms with Gasteiger partial charge in [0.05, 0.1) is 17.4 Å². The van der Waals surface area contributed by atoms with Crippen molar-refractivity contribution in [2.75, 3.05) is 31.1 Å². The number of aromatic nitrogens is 6. The van der Waals surface area contributed by atoms with Crippen LogP contribution in [0.5, 0.6) is 0 Å². The molecule has 0 atom stereocenters. The van der Waals surface area contributed by atoms with E-state index in [1.165, 1.54) is 0 Å². The lowest BCUT2D eigenvalue weighted by Gasteiger charge is -2.35. The number of carbonyl (C=O) groups is 1. The predicted molar refractivity (Wildman–Crippen MR) is 109 cm³/mol. The van der Waals surface area contributed by atoms with Gasteiger partial charge in [-0.15, -0.1) is 0 Å². The molecule has 5 rings (SSSR count). The molecular formula is C19H18N8OS. The number of benzene rings is 1. The fraction of sp³-hybridized carbons (Fsp3) is 0.263. The zero-order valence-electron chi connectivity index (χ0n) is 15.8. The Labute approximate surface area is 171 Å². The first-order valence-electron chi connectivity index (χ1n) is 9.29. The van der Waals surface area contributed by atoms with Gasteiger partial charge in [-0.05, 0) is 31.2 Å². The zero-order valence-corrected chi connectivity index (χ0v) is 16.6. The van der Waals surface area contributed by atoms with Gasteiger partial charge in [0.1, 0.15) is 23.2 Å². The van der Waals surface area contributed by atoms with Crippen molar-refractivity contribution in [3.05, 3.63) is 54.1 Å². The van der Waals surface area contributed by atoms with Gasteiger partial charge >= 0.3 is 0 Å². The van der Waals surface area contributed by atoms with Crippen LogP contribution in [0, 0.1) is 6.92 Å². The Morgan fingerprint density at radius 3 is 2.55 bits per heavy atom. The molecule has 4 heterocycles. The lowest BCUT2D eigenvalue weighted by molar-refractivity contribution is 0.0746. The first-order valence-corrected chi connectivity index (χ1v) is 10.0. The molecule has 0 spiro atoms. The quantitative estimate of drug-likeness (QED) is 0.513. The maximum absolute atomic E-state index is 12.9. The zero-order chi connectivity index (χ0) is 19.8. The molecule has 1 saturated heterocycles. The summed E-state index contributed by atoms with van der Waals surface area (Å²) in [5, 5.41) is 4.40. The Morgan fingerprint density at radius 1 is 0.966 bits per heavy atom. The van der Waals surface area contributed by atoms with Gasteiger partial charge in [-0.2, -0.15) is 13.8 Å². The molecule has 0 radical (unpaired) electrons. The Hall–Kier alpha value is -3.40. The van der Waals surface area contributed by atoms with Crippen LogP contribution in [0.2, 0.25) is 0 Å². The number of nitrogens with zero attached hydrogens (tertiary/aromatic N) is 8. The van der Waals surface area contributed by atoms with Gasteiger partial charge in [0.15, 0.2) is 5.82 Å². The number of amides is 1. The van der Waals surface area contributed by atoms with E-state index in [1.807, 2.05) is 48.4 Å². The molecule has 3 aromatic heterocycles. The van der Waals surface area contributed by atoms with Crippen LogP contribution in [0.3, 0.4) is 0 Å². The third kappa shape index (κ3) is 3.42. The van der Waals surface area contributed by atoms with Gasteiger partial charge in [-0.25, -0.2) is 14.6 Å². The van der Waals surface area contributed by atoms with Crippen molar-refractivity contribution in [2.45, 2.75) is 6.92 Å². The summed E-state index contributed by atoms with van der Waals surface area (Å²) >= 11 is 1.16. The molecule has 0 N–H and O–H groups in total. The highest BCUT2D eigenvalue weighted by molar-refractivity contribution is 7.00. The Balaban J connectivity index is 1.28. The van der Waals surface area contributed by atoms with E-state index in [9.17, 15) is 4.79 Å². The third-order valence-electron chi connectivity index (χ3n) is 4.99. The number of hydrogen-bond donors (Lipinski definition) is 0. The van der Waals surface area contributed by atoms with E-state index in [2.05, 4.69) is 28.7 Å². The van der Waals surface area contributed by atoms with E-state index in [0.29, 0.717) is 31.7 Å². The standard InChI is InChI=1S/C19H18N8OS/c1-13-4-5-27(22-13)18-11-17(20-12-21-18)25-6-8-26(9-7-25)19(28)14-2-3-15-16(10-14)24-29-23-15/h2-5,10-12H,6-9H2,1H3. The van der Waals surface area contributed by atoms with E-state index in [-0.39, 0.29) is 5.91 Å². The molecule has 0 bridgehead atoms. The highest BCUT2D eigenvalue weighted by Crippen LogP contribution is 2.19. The van der Waals surface area contributed by atoms with Crippen molar-refractivity contribution in [3.8, 4) is 5.82 Å². The molecule has 146 valence electrons. The predicted octanol–water partition coefficient (Wildman–Crippen LogP) is 1.94. The summed E-state index contributed by atoms with van der Waals surface area (Å²) < 4.78 is 10.1. The number of hydrogen-bond acceptors (Lipinski definition) is 8. The second-order valence-electron chi connectivity index (χ2n) is 6.88. The Kier molecular flexibility index (Phi) is 4.39. The van der Waals surface area contributed by atoms with Crippen LogP contribution in [0.25, 0.3) is 16.9 Å². The molecule has 9 nitrogen and oxygen atoms in total. The van der Waals surface area contributed by atoms with Crippen molar-refractivity contribution in [1.29, 1.82) is 0 Å². The van der Waals surface area contributed by atoms with Crippen molar-refractivity contribution >= 4 is 34.5 Å². The molecule has 0 unspecified atom stereocenters. The minimum Gasteiger partial charge on any atom is -0.353 e. The number of anilines is 1. The van der Waals surface area contributed by atoms with E-state index in [4.69, 9.17) is 0 Å². The van der Waals surface area contributed by atoms with E-state index < -0.39 is 0 Å². The lowest BCUT2D eigenvalue weighted by atomic mass is 10.1. The minimum atomic E-state index is 0.0231. The maximum Gasteiger partial charge on any atom is 0.254 e. The maximum atomic E-state index is 12.9. The first kappa shape index (κ1) is 17.7. The molecular weight excluding hydrogens is 388 g/mol. The van der Waals surface area contributed by atoms with Crippen molar-refractivity contribution in [1.82, 2.24) is 33.4 Å². The van der Waals surface area contributed by atoms with Crippen LogP contribution in [-0.2, 0) is 0 Å². The average Bonchev–Trinajstić information content (AvgIpc) is 3.42. The van der Waals surface area contributed by atoms with Crippen LogP contribution in [0.4, 0.5) is 5.82 Å². The van der Waals surface area contributed by atoms with E-state index in [0.717, 1.165) is 40.1 Å². The molecule has 0 aliphatic carbocycles. The highest BCUT2D eigenvalue weighted by atomic mass is 32.1. The Morgan fingerprint density at radius 2 is 1.76 bits per heavy atom. The monoisotopic (exact) mass is 406 g/mol. The van der Waals surface area contributed by atoms with Gasteiger partial charge in [-0.3, -0.25) is 4.79 Å². The van der Waals surface area contributed by atoms with Crippen LogP contribution >= 0.6 is 11.7 Å². The third-order valence-corrected chi connectivity index (χ3v) is 5.54. The van der Waals surface area contributed by atoms with E-state index in [1.54, 1.807) is 11.0 Å². The fourth-order valence-corrected chi connectivity index (χ4v) is 3.93. The summed E-state index contributed by atoms with van der Waals surface area (Å²) in [6, 6.07) is 9.34. The summed E-state index contributed by atoms with van der Waals surface area (Å²) in [4.78, 5) is 25.6. The minimum absolute atomic E-state index is 0.0231. The number of fused-ring (bicyclic) bond motifs is 1. The van der Waals surface area contributed by atoms with Crippen LogP contribution in [0.1, 0.15) is 16.1 Å². The highest BCUT2D eigenvalue weighted by Gasteiger charge is 2.23. The summed E-state index contributed by atoms with van der Waals surface area (Å²) in [6.07, 6.45) is 3.43. The molecule has 1 aliphatic rings. The molecule has 4 aromatic rings. The molecule has 1 amide bonds. The molecule has 10 heteroatoms. The molecule has 29 heavy (non-hydrogen) atoms. The van der Waals surface area contributed by atoms with Gasteiger partial charge in [0.25, 0.3) is 5.91 Å². The SMILES string of the molecule is Cc1ccn(-c2cc(N3CCN(C(=O)c4ccc5nsnc5c4)CC3)ncn2)n1. The number of rotatable bonds is 3. The second-order valence-corrected chi connectivity index (χ2v) is 7.41. The second kappa shape index (κ2) is 7.21. The summed E-state index contributed by atoms with van der Waals surface area (Å²) in [5.74, 6) is 1.59. The molecule has 0 saturated carbocycles. The van der Waals surface area contributed by atoms with Crippen LogP contribution in [0.15, 0.2) is 42.9 Å². The summed E-state index contributed by atoms with van der Waals surface area (Å²) in [6.45, 7) is 4.62. The van der Waals surface area contributed by atoms with Crippen molar-refractivity contribution in [2.24, 2.45) is 0 Å². The smallest absolute Gasteiger partial charge is 0.254 e. The number of aryl methyl sites for hydroxylation is 1. The number of piperazine rings is 1. The van der Waals surface area contributed by atoms with Gasteiger partial charge in [0, 0.05) is 44.0 Å². The lowest BCUT2D eigenvalue weighted by Crippen LogP contribution is -2.49. The molecule has 1 fully saturated rings. The van der Waals surface area contributed by atoms with Gasteiger partial charge in [-0.1, -0.05) is 0 Å². The van der Waals surface area contributed by atoms with Crippen molar-refractivity contribution < 1.29 is 4.79 Å². The van der Waals surface area contributed by atoms with E-state index >= 15 is 0 Å². The van der Waals surface area contributed by atoms with Gasteiger partial charge in [0.2, 0.25) is 0 Å². The Bertz CT molecular complexity index is 1180. The summed E-state index contributed by atoms with van der Waals surface area (Å²) in [7, 11) is 0. The van der Waals surface area contributed by atoms with Gasteiger partial charge < -0.3 is 9.80 Å². The molecule has 1 aromatic carbocycles. The molecule has 1 aliphatic heterocycles. The van der Waals surface area contributed by atoms with Crippen LogP contribution < -0.4 is 4.90 Å². The fourth-order valence-electron chi connectivity index (χ4n) is 3.41. The first-order chi connectivity index (χ1) is 14.2.